The highest BCUT2D eigenvalue weighted by Gasteiger charge is 2.15. The van der Waals surface area contributed by atoms with Crippen molar-refractivity contribution in [2.45, 2.75) is 20.8 Å². The van der Waals surface area contributed by atoms with Gasteiger partial charge >= 0.3 is 0 Å². The van der Waals surface area contributed by atoms with E-state index in [9.17, 15) is 4.39 Å². The molecule has 0 radical (unpaired) electrons. The van der Waals surface area contributed by atoms with Crippen molar-refractivity contribution in [2.75, 3.05) is 12.0 Å². The Morgan fingerprint density at radius 2 is 2.19 bits per heavy atom. The zero-order valence-electron chi connectivity index (χ0n) is 12.2. The summed E-state index contributed by atoms with van der Waals surface area (Å²) < 4.78 is 19.4. The molecule has 0 fully saturated rings. The number of nitriles is 1. The molecule has 0 aliphatic rings. The summed E-state index contributed by atoms with van der Waals surface area (Å²) in [5.74, 6) is -0.806. The first-order valence-electron chi connectivity index (χ1n) is 6.24. The van der Waals surface area contributed by atoms with Crippen molar-refractivity contribution in [3.8, 4) is 11.8 Å². The molecule has 0 heterocycles. The molecule has 0 aliphatic carbocycles. The van der Waals surface area contributed by atoms with Gasteiger partial charge < -0.3 is 10.5 Å². The van der Waals surface area contributed by atoms with Crippen molar-refractivity contribution < 1.29 is 9.13 Å². The van der Waals surface area contributed by atoms with E-state index in [4.69, 9.17) is 21.1 Å². The lowest BCUT2D eigenvalue weighted by Gasteiger charge is -2.20. The van der Waals surface area contributed by atoms with E-state index in [1.165, 1.54) is 12.1 Å². The normalized spacial score (nSPS) is 11.7. The molecule has 0 saturated carbocycles. The molecule has 1 aromatic rings. The first-order valence-corrected chi connectivity index (χ1v) is 6.24. The lowest BCUT2D eigenvalue weighted by atomic mass is 9.99. The van der Waals surface area contributed by atoms with Crippen molar-refractivity contribution in [3.05, 3.63) is 24.0 Å². The van der Waals surface area contributed by atoms with Gasteiger partial charge in [0, 0.05) is 0 Å². The largest absolute Gasteiger partial charge is 0.491 e. The van der Waals surface area contributed by atoms with Crippen molar-refractivity contribution in [1.29, 1.82) is 10.7 Å². The number of halogens is 1. The minimum atomic E-state index is -0.578. The molecular weight excluding hydrogens is 273 g/mol. The van der Waals surface area contributed by atoms with Crippen LogP contribution in [0, 0.1) is 28.0 Å². The van der Waals surface area contributed by atoms with Crippen LogP contribution in [-0.4, -0.2) is 18.2 Å². The third kappa shape index (κ3) is 5.10. The molecule has 0 aliphatic heterocycles. The van der Waals surface area contributed by atoms with Gasteiger partial charge in [-0.05, 0) is 17.5 Å². The zero-order chi connectivity index (χ0) is 16.0. The number of benzene rings is 1. The Kier molecular flexibility index (Phi) is 5.24. The molecule has 112 valence electrons. The Bertz CT molecular complexity index is 598. The summed E-state index contributed by atoms with van der Waals surface area (Å²) in [6, 6.07) is 5.98. The fourth-order valence-electron chi connectivity index (χ4n) is 1.28. The first kappa shape index (κ1) is 16.4. The predicted molar refractivity (Wildman–Crippen MR) is 79.9 cm³/mol. The summed E-state index contributed by atoms with van der Waals surface area (Å²) in [6.07, 6.45) is 0. The maximum absolute atomic E-state index is 13.8. The lowest BCUT2D eigenvalue weighted by molar-refractivity contribution is 0.198. The van der Waals surface area contributed by atoms with Gasteiger partial charge in [0.2, 0.25) is 5.71 Å². The maximum atomic E-state index is 13.8. The monoisotopic (exact) mass is 291 g/mol. The van der Waals surface area contributed by atoms with E-state index in [1.54, 1.807) is 12.1 Å². The number of ether oxygens (including phenoxy) is 1. The van der Waals surface area contributed by atoms with Crippen LogP contribution in [0.4, 0.5) is 10.1 Å². The van der Waals surface area contributed by atoms with Crippen LogP contribution in [0.2, 0.25) is 0 Å². The number of amidine groups is 1. The summed E-state index contributed by atoms with van der Waals surface area (Å²) in [6.45, 7) is 6.34. The van der Waals surface area contributed by atoms with Gasteiger partial charge in [-0.25, -0.2) is 4.39 Å². The molecule has 21 heavy (non-hydrogen) atoms. The molecule has 1 aromatic carbocycles. The molecule has 0 bridgehead atoms. The van der Waals surface area contributed by atoms with E-state index in [0.717, 1.165) is 0 Å². The Morgan fingerprint density at radius 3 is 2.71 bits per heavy atom. The van der Waals surface area contributed by atoms with Gasteiger partial charge in [-0.15, -0.1) is 0 Å². The van der Waals surface area contributed by atoms with Gasteiger partial charge in [0.05, 0.1) is 6.61 Å². The van der Waals surface area contributed by atoms with E-state index < -0.39 is 11.7 Å². The van der Waals surface area contributed by atoms with E-state index in [1.807, 2.05) is 20.8 Å². The topological polar surface area (TPSA) is 107 Å². The summed E-state index contributed by atoms with van der Waals surface area (Å²) in [7, 11) is 0. The minimum Gasteiger partial charge on any atom is -0.491 e. The number of nitrogens with two attached hydrogens (primary N) is 1. The summed E-state index contributed by atoms with van der Waals surface area (Å²) in [4.78, 5) is 0. The Morgan fingerprint density at radius 1 is 1.52 bits per heavy atom. The summed E-state index contributed by atoms with van der Waals surface area (Å²) in [5.41, 5.74) is 7.13. The molecule has 0 aromatic heterocycles. The Labute approximate surface area is 122 Å². The number of hydrogen-bond donors (Lipinski definition) is 3. The van der Waals surface area contributed by atoms with Crippen LogP contribution in [0.1, 0.15) is 20.8 Å². The number of hydrogen-bond acceptors (Lipinski definition) is 5. The highest BCUT2D eigenvalue weighted by Crippen LogP contribution is 2.29. The number of nitrogens with zero attached hydrogens (tertiary/aromatic N) is 2. The predicted octanol–water partition coefficient (Wildman–Crippen LogP) is 2.48. The van der Waals surface area contributed by atoms with Crippen molar-refractivity contribution in [3.63, 3.8) is 0 Å². The van der Waals surface area contributed by atoms with Crippen molar-refractivity contribution in [1.82, 2.24) is 0 Å². The van der Waals surface area contributed by atoms with Gasteiger partial charge in [-0.1, -0.05) is 26.8 Å². The molecule has 0 saturated heterocycles. The van der Waals surface area contributed by atoms with Gasteiger partial charge in [0.15, 0.2) is 11.7 Å². The van der Waals surface area contributed by atoms with E-state index in [-0.39, 0.29) is 22.6 Å². The van der Waals surface area contributed by atoms with Crippen LogP contribution in [-0.2, 0) is 0 Å². The smallest absolute Gasteiger partial charge is 0.201 e. The molecule has 0 amide bonds. The van der Waals surface area contributed by atoms with Gasteiger partial charge in [0.1, 0.15) is 17.5 Å². The molecule has 4 N–H and O–H groups in total. The third-order valence-corrected chi connectivity index (χ3v) is 2.28. The van der Waals surface area contributed by atoms with Crippen LogP contribution in [0.3, 0.4) is 0 Å². The molecule has 1 rings (SSSR count). The van der Waals surface area contributed by atoms with Crippen LogP contribution in [0.15, 0.2) is 23.3 Å². The molecule has 7 heteroatoms. The maximum Gasteiger partial charge on any atom is 0.201 e. The Balaban J connectivity index is 3.01. The molecular formula is C14H18FN5O. The average molecular weight is 291 g/mol. The number of nitrogens with one attached hydrogen (secondary N) is 2. The van der Waals surface area contributed by atoms with Crippen molar-refractivity contribution in [2.24, 2.45) is 16.3 Å². The number of rotatable bonds is 5. The summed E-state index contributed by atoms with van der Waals surface area (Å²) >= 11 is 0. The van der Waals surface area contributed by atoms with Crippen LogP contribution >= 0.6 is 0 Å². The van der Waals surface area contributed by atoms with Crippen LogP contribution < -0.4 is 15.9 Å². The molecule has 0 unspecified atom stereocenters. The highest BCUT2D eigenvalue weighted by molar-refractivity contribution is 6.45. The number of hydrazone groups is 1. The highest BCUT2D eigenvalue weighted by atomic mass is 19.1. The Hall–Kier alpha value is -2.62. The molecule has 0 spiro atoms. The standard InChI is InChI=1S/C14H18FN5O/c1-14(2,3)8-21-11-6-4-5-9(15)12(11)20-19-10(7-16)13(17)18/h4-6,20H,8H2,1-3H3,(H3,17,18)/b19-10+. The van der Waals surface area contributed by atoms with Gasteiger partial charge in [-0.3, -0.25) is 10.8 Å². The second-order valence-corrected chi connectivity index (χ2v) is 5.56. The van der Waals surface area contributed by atoms with Gasteiger partial charge in [-0.2, -0.15) is 10.4 Å². The van der Waals surface area contributed by atoms with E-state index in [0.29, 0.717) is 6.61 Å². The van der Waals surface area contributed by atoms with E-state index >= 15 is 0 Å². The van der Waals surface area contributed by atoms with E-state index in [2.05, 4.69) is 10.5 Å². The number of para-hydroxylation sites is 1. The zero-order valence-corrected chi connectivity index (χ0v) is 12.2. The number of anilines is 1. The fourth-order valence-corrected chi connectivity index (χ4v) is 1.28. The van der Waals surface area contributed by atoms with Gasteiger partial charge in [0.25, 0.3) is 0 Å². The lowest BCUT2D eigenvalue weighted by Crippen LogP contribution is -2.22. The quantitative estimate of drug-likeness (QED) is 0.440. The first-order chi connectivity index (χ1) is 9.74. The van der Waals surface area contributed by atoms with Crippen LogP contribution in [0.25, 0.3) is 0 Å². The van der Waals surface area contributed by atoms with Crippen molar-refractivity contribution >= 4 is 17.2 Å². The second kappa shape index (κ2) is 6.70. The third-order valence-electron chi connectivity index (χ3n) is 2.28. The molecule has 0 atom stereocenters. The summed E-state index contributed by atoms with van der Waals surface area (Å²) in [5, 5.41) is 19.5. The molecule has 6 nitrogen and oxygen atoms in total. The second-order valence-electron chi connectivity index (χ2n) is 5.56. The SMILES string of the molecule is CC(C)(C)COc1cccc(F)c1N/N=C(\C#N)C(=N)N. The fraction of sp³-hybridized carbons (Fsp3) is 0.357. The van der Waals surface area contributed by atoms with Crippen LogP contribution in [0.5, 0.6) is 5.75 Å². The minimum absolute atomic E-state index is 0.00394. The average Bonchev–Trinajstić information content (AvgIpc) is 2.37.